The second kappa shape index (κ2) is 7.74. The second-order valence-corrected chi connectivity index (χ2v) is 6.07. The van der Waals surface area contributed by atoms with Gasteiger partial charge in [0.2, 0.25) is 0 Å². The quantitative estimate of drug-likeness (QED) is 0.655. The minimum Gasteiger partial charge on any atom is -0.481 e. The minimum absolute atomic E-state index is 0.00755. The van der Waals surface area contributed by atoms with E-state index >= 15 is 0 Å². The highest BCUT2D eigenvalue weighted by Crippen LogP contribution is 2.12. The third kappa shape index (κ3) is 4.53. The van der Waals surface area contributed by atoms with E-state index in [0.29, 0.717) is 17.9 Å². The highest BCUT2D eigenvalue weighted by molar-refractivity contribution is 5.66. The summed E-state index contributed by atoms with van der Waals surface area (Å²) < 4.78 is 1.61. The average molecular weight is 339 g/mol. The van der Waals surface area contributed by atoms with E-state index in [2.05, 4.69) is 39.7 Å². The molecule has 0 bridgehead atoms. The van der Waals surface area contributed by atoms with Gasteiger partial charge in [-0.15, -0.1) is 15.3 Å². The number of aliphatic carboxylic acids is 1. The molecule has 2 heterocycles. The molecule has 0 fully saturated rings. The molecule has 3 rings (SSSR count). The molecule has 2 N–H and O–H groups in total. The van der Waals surface area contributed by atoms with Crippen molar-refractivity contribution in [2.45, 2.75) is 38.6 Å². The summed E-state index contributed by atoms with van der Waals surface area (Å²) in [4.78, 5) is 10.7. The third-order valence-electron chi connectivity index (χ3n) is 3.99. The van der Waals surface area contributed by atoms with Crippen LogP contribution in [0.3, 0.4) is 0 Å². The van der Waals surface area contributed by atoms with Crippen molar-refractivity contribution >= 4 is 17.4 Å². The summed E-state index contributed by atoms with van der Waals surface area (Å²) in [5.41, 5.74) is 1.93. The summed E-state index contributed by atoms with van der Waals surface area (Å²) in [7, 11) is 0. The van der Waals surface area contributed by atoms with Crippen LogP contribution < -0.4 is 5.32 Å². The lowest BCUT2D eigenvalue weighted by Crippen LogP contribution is -2.18. The van der Waals surface area contributed by atoms with Crippen molar-refractivity contribution in [2.24, 2.45) is 0 Å². The van der Waals surface area contributed by atoms with Crippen molar-refractivity contribution in [1.82, 2.24) is 19.8 Å². The zero-order valence-electron chi connectivity index (χ0n) is 14.1. The van der Waals surface area contributed by atoms with Crippen molar-refractivity contribution in [3.63, 3.8) is 0 Å². The van der Waals surface area contributed by atoms with Gasteiger partial charge in [-0.05, 0) is 37.5 Å². The van der Waals surface area contributed by atoms with Crippen LogP contribution in [-0.2, 0) is 17.6 Å². The Balaban J connectivity index is 1.64. The van der Waals surface area contributed by atoms with Crippen molar-refractivity contribution < 1.29 is 9.90 Å². The maximum atomic E-state index is 10.7. The van der Waals surface area contributed by atoms with Gasteiger partial charge in [-0.3, -0.25) is 4.79 Å². The van der Waals surface area contributed by atoms with Crippen LogP contribution in [0.1, 0.15) is 31.2 Å². The number of aromatic nitrogens is 4. The number of benzene rings is 1. The fourth-order valence-corrected chi connectivity index (χ4v) is 2.64. The lowest BCUT2D eigenvalue weighted by Gasteiger charge is -2.14. The van der Waals surface area contributed by atoms with Crippen LogP contribution in [0.4, 0.5) is 5.82 Å². The molecular formula is C18H21N5O2. The number of nitrogens with one attached hydrogen (secondary N) is 1. The molecule has 0 aliphatic carbocycles. The van der Waals surface area contributed by atoms with Gasteiger partial charge in [0.25, 0.3) is 0 Å². The fraction of sp³-hybridized carbons (Fsp3) is 0.333. The Bertz CT molecular complexity index is 847. The molecule has 7 nitrogen and oxygen atoms in total. The Morgan fingerprint density at radius 3 is 2.72 bits per heavy atom. The van der Waals surface area contributed by atoms with Crippen molar-refractivity contribution in [3.05, 3.63) is 53.9 Å². The molecule has 1 atom stereocenters. The van der Waals surface area contributed by atoms with Gasteiger partial charge >= 0.3 is 5.97 Å². The number of carboxylic acid groups (broad SMARTS) is 1. The lowest BCUT2D eigenvalue weighted by atomic mass is 10.1. The molecule has 0 spiro atoms. The van der Waals surface area contributed by atoms with Crippen LogP contribution in [0.5, 0.6) is 0 Å². The first kappa shape index (κ1) is 16.9. The number of fused-ring (bicyclic) bond motifs is 1. The molecular weight excluding hydrogens is 318 g/mol. The predicted molar refractivity (Wildman–Crippen MR) is 94.6 cm³/mol. The number of aryl methyl sites for hydroxylation is 2. The first-order valence-electron chi connectivity index (χ1n) is 8.35. The molecule has 2 aromatic heterocycles. The molecule has 0 aliphatic heterocycles. The van der Waals surface area contributed by atoms with Gasteiger partial charge in [0.15, 0.2) is 11.5 Å². The monoisotopic (exact) mass is 339 g/mol. The molecule has 0 unspecified atom stereocenters. The van der Waals surface area contributed by atoms with E-state index in [4.69, 9.17) is 5.11 Å². The van der Waals surface area contributed by atoms with Gasteiger partial charge in [0.05, 0.1) is 6.42 Å². The maximum Gasteiger partial charge on any atom is 0.303 e. The highest BCUT2D eigenvalue weighted by Gasteiger charge is 2.10. The largest absolute Gasteiger partial charge is 0.481 e. The number of hydrogen-bond acceptors (Lipinski definition) is 5. The molecule has 7 heteroatoms. The fourth-order valence-electron chi connectivity index (χ4n) is 2.64. The number of rotatable bonds is 8. The van der Waals surface area contributed by atoms with Gasteiger partial charge in [0.1, 0.15) is 5.82 Å². The average Bonchev–Trinajstić information content (AvgIpc) is 3.01. The zero-order chi connectivity index (χ0) is 17.6. The summed E-state index contributed by atoms with van der Waals surface area (Å²) >= 11 is 0. The SMILES string of the molecule is C[C@H](CCc1ccccc1)Nc1ccc2nnc(CCC(=O)O)n2n1. The number of nitrogens with zero attached hydrogens (tertiary/aromatic N) is 4. The Morgan fingerprint density at radius 2 is 1.96 bits per heavy atom. The zero-order valence-corrected chi connectivity index (χ0v) is 14.1. The first-order valence-corrected chi connectivity index (χ1v) is 8.35. The van der Waals surface area contributed by atoms with Gasteiger partial charge in [-0.2, -0.15) is 4.52 Å². The number of carboxylic acids is 1. The van der Waals surface area contributed by atoms with Crippen molar-refractivity contribution in [2.75, 3.05) is 5.32 Å². The third-order valence-corrected chi connectivity index (χ3v) is 3.99. The van der Waals surface area contributed by atoms with Crippen LogP contribution in [-0.4, -0.2) is 36.9 Å². The molecule has 0 amide bonds. The molecule has 130 valence electrons. The normalized spacial score (nSPS) is 12.2. The standard InChI is InChI=1S/C18H21N5O2/c1-13(7-8-14-5-3-2-4-6-14)19-15-9-10-16-20-21-17(23(16)22-15)11-12-18(24)25/h2-6,9-10,13H,7-8,11-12H2,1H3,(H,19,22)(H,24,25)/t13-/m1/s1. The van der Waals surface area contributed by atoms with Crippen molar-refractivity contribution in [3.8, 4) is 0 Å². The second-order valence-electron chi connectivity index (χ2n) is 6.07. The van der Waals surface area contributed by atoms with Crippen LogP contribution in [0.25, 0.3) is 5.65 Å². The number of hydrogen-bond donors (Lipinski definition) is 2. The summed E-state index contributed by atoms with van der Waals surface area (Å²) in [5, 5.41) is 24.7. The van der Waals surface area contributed by atoms with E-state index < -0.39 is 5.97 Å². The number of anilines is 1. The van der Waals surface area contributed by atoms with E-state index in [0.717, 1.165) is 18.7 Å². The van der Waals surface area contributed by atoms with Gasteiger partial charge in [-0.25, -0.2) is 0 Å². The summed E-state index contributed by atoms with van der Waals surface area (Å²) in [5.74, 6) is 0.419. The van der Waals surface area contributed by atoms with Gasteiger partial charge in [-0.1, -0.05) is 30.3 Å². The van der Waals surface area contributed by atoms with Crippen LogP contribution in [0.2, 0.25) is 0 Å². The Kier molecular flexibility index (Phi) is 5.23. The Hall–Kier alpha value is -2.96. The predicted octanol–water partition coefficient (Wildman–Crippen LogP) is 2.57. The van der Waals surface area contributed by atoms with E-state index in [1.165, 1.54) is 5.56 Å². The first-order chi connectivity index (χ1) is 12.1. The summed E-state index contributed by atoms with van der Waals surface area (Å²) in [6.07, 6.45) is 2.29. The summed E-state index contributed by atoms with van der Waals surface area (Å²) in [6.45, 7) is 2.12. The topological polar surface area (TPSA) is 92.4 Å². The molecule has 3 aromatic rings. The van der Waals surface area contributed by atoms with E-state index in [1.54, 1.807) is 4.52 Å². The van der Waals surface area contributed by atoms with Gasteiger partial charge < -0.3 is 10.4 Å². The van der Waals surface area contributed by atoms with E-state index in [-0.39, 0.29) is 12.5 Å². The van der Waals surface area contributed by atoms with Crippen molar-refractivity contribution in [1.29, 1.82) is 0 Å². The molecule has 0 saturated heterocycles. The number of carbonyl (C=O) groups is 1. The van der Waals surface area contributed by atoms with E-state index in [9.17, 15) is 4.79 Å². The lowest BCUT2D eigenvalue weighted by molar-refractivity contribution is -0.137. The molecule has 0 saturated carbocycles. The minimum atomic E-state index is -0.861. The Labute approximate surface area is 145 Å². The molecule has 0 radical (unpaired) electrons. The maximum absolute atomic E-state index is 10.7. The van der Waals surface area contributed by atoms with Crippen LogP contribution in [0, 0.1) is 0 Å². The van der Waals surface area contributed by atoms with Crippen LogP contribution in [0.15, 0.2) is 42.5 Å². The van der Waals surface area contributed by atoms with Gasteiger partial charge in [0, 0.05) is 12.5 Å². The molecule has 25 heavy (non-hydrogen) atoms. The smallest absolute Gasteiger partial charge is 0.303 e. The molecule has 1 aromatic carbocycles. The highest BCUT2D eigenvalue weighted by atomic mass is 16.4. The van der Waals surface area contributed by atoms with E-state index in [1.807, 2.05) is 30.3 Å². The summed E-state index contributed by atoms with van der Waals surface area (Å²) in [6, 6.07) is 14.3. The van der Waals surface area contributed by atoms with Crippen LogP contribution >= 0.6 is 0 Å². The Morgan fingerprint density at radius 1 is 1.16 bits per heavy atom. The molecule has 0 aliphatic rings.